The summed E-state index contributed by atoms with van der Waals surface area (Å²) < 4.78 is 5.60. The molecule has 0 unspecified atom stereocenters. The number of hydrogen-bond acceptors (Lipinski definition) is 3. The molecule has 0 spiro atoms. The summed E-state index contributed by atoms with van der Waals surface area (Å²) in [6, 6.07) is 7.49. The topological polar surface area (TPSA) is 50.4 Å². The molecule has 1 rings (SSSR count). The van der Waals surface area contributed by atoms with Crippen molar-refractivity contribution in [2.24, 2.45) is 0 Å². The highest BCUT2D eigenvalue weighted by atomic mass is 32.1. The summed E-state index contributed by atoms with van der Waals surface area (Å²) in [4.78, 5) is 10.8. The standard InChI is InChI=1S/C14H20N2O2S/c1-3-4-5-10-18-13-8-6-12(7-9-13)16-14(19)15-11(2)17/h6-9H,3-5,10H2,1-2H3,(H2,15,16,17,19). The van der Waals surface area contributed by atoms with Gasteiger partial charge in [-0.05, 0) is 42.9 Å². The van der Waals surface area contributed by atoms with E-state index < -0.39 is 0 Å². The van der Waals surface area contributed by atoms with Gasteiger partial charge >= 0.3 is 0 Å². The summed E-state index contributed by atoms with van der Waals surface area (Å²) in [5.41, 5.74) is 0.819. The van der Waals surface area contributed by atoms with Crippen molar-refractivity contribution in [3.8, 4) is 5.75 Å². The zero-order chi connectivity index (χ0) is 14.1. The molecule has 1 aromatic rings. The van der Waals surface area contributed by atoms with Gasteiger partial charge in [-0.25, -0.2) is 0 Å². The van der Waals surface area contributed by atoms with E-state index in [-0.39, 0.29) is 5.91 Å². The van der Waals surface area contributed by atoms with Crippen molar-refractivity contribution in [1.29, 1.82) is 0 Å². The van der Waals surface area contributed by atoms with E-state index in [2.05, 4.69) is 17.6 Å². The van der Waals surface area contributed by atoms with Crippen molar-refractivity contribution >= 4 is 28.9 Å². The van der Waals surface area contributed by atoms with Gasteiger partial charge in [-0.1, -0.05) is 19.8 Å². The molecular formula is C14H20N2O2S. The van der Waals surface area contributed by atoms with E-state index >= 15 is 0 Å². The lowest BCUT2D eigenvalue weighted by Crippen LogP contribution is -2.32. The predicted molar refractivity (Wildman–Crippen MR) is 81.5 cm³/mol. The molecular weight excluding hydrogens is 260 g/mol. The molecule has 0 aliphatic rings. The number of anilines is 1. The van der Waals surface area contributed by atoms with Crippen LogP contribution in [0.4, 0.5) is 5.69 Å². The first-order valence-corrected chi connectivity index (χ1v) is 6.84. The van der Waals surface area contributed by atoms with Crippen molar-refractivity contribution in [2.75, 3.05) is 11.9 Å². The van der Waals surface area contributed by atoms with E-state index in [1.165, 1.54) is 19.8 Å². The summed E-state index contributed by atoms with van der Waals surface area (Å²) in [7, 11) is 0. The highest BCUT2D eigenvalue weighted by Gasteiger charge is 2.00. The van der Waals surface area contributed by atoms with Gasteiger partial charge in [0, 0.05) is 12.6 Å². The molecule has 0 saturated heterocycles. The minimum atomic E-state index is -0.187. The number of carbonyl (C=O) groups is 1. The third-order valence-electron chi connectivity index (χ3n) is 2.42. The maximum atomic E-state index is 10.8. The van der Waals surface area contributed by atoms with Crippen LogP contribution in [0.15, 0.2) is 24.3 Å². The Kier molecular flexibility index (Phi) is 6.89. The normalized spacial score (nSPS) is 9.79. The molecule has 2 N–H and O–H groups in total. The van der Waals surface area contributed by atoms with Crippen LogP contribution in [0.5, 0.6) is 5.75 Å². The van der Waals surface area contributed by atoms with Gasteiger partial charge in [0.15, 0.2) is 5.11 Å². The molecule has 0 atom stereocenters. The van der Waals surface area contributed by atoms with E-state index in [1.807, 2.05) is 24.3 Å². The molecule has 19 heavy (non-hydrogen) atoms. The van der Waals surface area contributed by atoms with Gasteiger partial charge in [0.25, 0.3) is 0 Å². The summed E-state index contributed by atoms with van der Waals surface area (Å²) in [6.45, 7) is 4.32. The van der Waals surface area contributed by atoms with Gasteiger partial charge in [0.2, 0.25) is 5.91 Å². The summed E-state index contributed by atoms with van der Waals surface area (Å²) in [5.74, 6) is 0.653. The maximum Gasteiger partial charge on any atom is 0.222 e. The monoisotopic (exact) mass is 280 g/mol. The lowest BCUT2D eigenvalue weighted by atomic mass is 10.2. The first-order chi connectivity index (χ1) is 9.11. The predicted octanol–water partition coefficient (Wildman–Crippen LogP) is 3.09. The smallest absolute Gasteiger partial charge is 0.222 e. The average Bonchev–Trinajstić information content (AvgIpc) is 2.35. The zero-order valence-corrected chi connectivity index (χ0v) is 12.2. The Morgan fingerprint density at radius 2 is 1.95 bits per heavy atom. The van der Waals surface area contributed by atoms with Crippen LogP contribution in [0.3, 0.4) is 0 Å². The first kappa shape index (κ1) is 15.4. The molecule has 0 aromatic heterocycles. The molecule has 1 aromatic carbocycles. The minimum absolute atomic E-state index is 0.187. The van der Waals surface area contributed by atoms with Gasteiger partial charge in [0.1, 0.15) is 5.75 Å². The van der Waals surface area contributed by atoms with Crippen LogP contribution in [0.1, 0.15) is 33.1 Å². The van der Waals surface area contributed by atoms with Crippen LogP contribution in [0.25, 0.3) is 0 Å². The van der Waals surface area contributed by atoms with Crippen molar-refractivity contribution in [1.82, 2.24) is 5.32 Å². The van der Waals surface area contributed by atoms with E-state index in [9.17, 15) is 4.79 Å². The van der Waals surface area contributed by atoms with Gasteiger partial charge in [0.05, 0.1) is 6.61 Å². The molecule has 0 bridgehead atoms. The van der Waals surface area contributed by atoms with Gasteiger partial charge < -0.3 is 15.4 Å². The second-order valence-electron chi connectivity index (χ2n) is 4.22. The molecule has 0 aliphatic carbocycles. The third-order valence-corrected chi connectivity index (χ3v) is 2.62. The van der Waals surface area contributed by atoms with Gasteiger partial charge in [-0.2, -0.15) is 0 Å². The zero-order valence-electron chi connectivity index (χ0n) is 11.4. The Labute approximate surface area is 119 Å². The number of benzene rings is 1. The summed E-state index contributed by atoms with van der Waals surface area (Å²) >= 11 is 4.97. The van der Waals surface area contributed by atoms with Crippen molar-refractivity contribution in [3.05, 3.63) is 24.3 Å². The summed E-state index contributed by atoms with van der Waals surface area (Å²) in [6.07, 6.45) is 3.44. The van der Waals surface area contributed by atoms with Gasteiger partial charge in [-0.3, -0.25) is 4.79 Å². The molecule has 0 radical (unpaired) electrons. The molecule has 5 heteroatoms. The molecule has 4 nitrogen and oxygen atoms in total. The Bertz CT molecular complexity index is 418. The van der Waals surface area contributed by atoms with E-state index in [0.717, 1.165) is 24.5 Å². The maximum absolute atomic E-state index is 10.8. The molecule has 0 fully saturated rings. The van der Waals surface area contributed by atoms with Crippen LogP contribution in [0.2, 0.25) is 0 Å². The van der Waals surface area contributed by atoms with Crippen molar-refractivity contribution in [3.63, 3.8) is 0 Å². The lowest BCUT2D eigenvalue weighted by Gasteiger charge is -2.09. The first-order valence-electron chi connectivity index (χ1n) is 6.43. The molecule has 1 amide bonds. The number of ether oxygens (including phenoxy) is 1. The Balaban J connectivity index is 2.38. The SMILES string of the molecule is CCCCCOc1ccc(NC(=S)NC(C)=O)cc1. The van der Waals surface area contributed by atoms with Crippen LogP contribution in [0, 0.1) is 0 Å². The number of carbonyl (C=O) groups excluding carboxylic acids is 1. The highest BCUT2D eigenvalue weighted by molar-refractivity contribution is 7.80. The second kappa shape index (κ2) is 8.48. The van der Waals surface area contributed by atoms with Crippen LogP contribution >= 0.6 is 12.2 Å². The molecule has 0 saturated carbocycles. The van der Waals surface area contributed by atoms with Gasteiger partial charge in [-0.15, -0.1) is 0 Å². The number of rotatable bonds is 6. The number of nitrogens with one attached hydrogen (secondary N) is 2. The number of thiocarbonyl (C=S) groups is 1. The number of hydrogen-bond donors (Lipinski definition) is 2. The fourth-order valence-corrected chi connectivity index (χ4v) is 1.76. The quantitative estimate of drug-likeness (QED) is 0.621. The Morgan fingerprint density at radius 3 is 2.53 bits per heavy atom. The third kappa shape index (κ3) is 6.76. The van der Waals surface area contributed by atoms with Crippen LogP contribution in [-0.4, -0.2) is 17.6 Å². The minimum Gasteiger partial charge on any atom is -0.494 e. The summed E-state index contributed by atoms with van der Waals surface area (Å²) in [5, 5.41) is 5.72. The van der Waals surface area contributed by atoms with Crippen molar-refractivity contribution < 1.29 is 9.53 Å². The van der Waals surface area contributed by atoms with E-state index in [1.54, 1.807) is 0 Å². The number of amides is 1. The second-order valence-corrected chi connectivity index (χ2v) is 4.62. The largest absolute Gasteiger partial charge is 0.494 e. The van der Waals surface area contributed by atoms with Crippen molar-refractivity contribution in [2.45, 2.75) is 33.1 Å². The molecule has 0 heterocycles. The lowest BCUT2D eigenvalue weighted by molar-refractivity contribution is -0.117. The highest BCUT2D eigenvalue weighted by Crippen LogP contribution is 2.16. The Morgan fingerprint density at radius 1 is 1.26 bits per heavy atom. The fourth-order valence-electron chi connectivity index (χ4n) is 1.50. The average molecular weight is 280 g/mol. The molecule has 0 aliphatic heterocycles. The molecule has 104 valence electrons. The van der Waals surface area contributed by atoms with E-state index in [0.29, 0.717) is 5.11 Å². The van der Waals surface area contributed by atoms with Crippen LogP contribution < -0.4 is 15.4 Å². The number of unbranched alkanes of at least 4 members (excludes halogenated alkanes) is 2. The fraction of sp³-hybridized carbons (Fsp3) is 0.429. The Hall–Kier alpha value is -1.62. The van der Waals surface area contributed by atoms with E-state index in [4.69, 9.17) is 17.0 Å². The van der Waals surface area contributed by atoms with Crippen LogP contribution in [-0.2, 0) is 4.79 Å².